The Labute approximate surface area is 96.2 Å². The first kappa shape index (κ1) is 10.5. The van der Waals surface area contributed by atoms with E-state index >= 15 is 0 Å². The summed E-state index contributed by atoms with van der Waals surface area (Å²) in [6, 6.07) is 5.76. The van der Waals surface area contributed by atoms with E-state index < -0.39 is 0 Å². The maximum atomic E-state index is 11.8. The number of rotatable bonds is 0. The number of nitrogens with zero attached hydrogens (tertiary/aromatic N) is 1. The minimum Gasteiger partial charge on any atom is -0.305 e. The molecule has 0 bridgehead atoms. The second-order valence-electron chi connectivity index (χ2n) is 4.57. The largest absolute Gasteiger partial charge is 0.326 e. The summed E-state index contributed by atoms with van der Waals surface area (Å²) >= 11 is 3.47. The first-order valence-corrected chi connectivity index (χ1v) is 5.60. The third kappa shape index (κ3) is 1.63. The molecule has 0 aliphatic carbocycles. The van der Waals surface area contributed by atoms with Crippen molar-refractivity contribution in [3.63, 3.8) is 0 Å². The Hall–Kier alpha value is -1.03. The van der Waals surface area contributed by atoms with Crippen molar-refractivity contribution >= 4 is 27.0 Å². The highest BCUT2D eigenvalue weighted by Crippen LogP contribution is 2.25. The lowest BCUT2D eigenvalue weighted by molar-refractivity contribution is 0.397. The highest BCUT2D eigenvalue weighted by atomic mass is 79.9. The number of nitrogens with one attached hydrogen (secondary N) is 1. The van der Waals surface area contributed by atoms with Crippen LogP contribution in [-0.2, 0) is 5.54 Å². The Morgan fingerprint density at radius 1 is 1.33 bits per heavy atom. The molecule has 0 unspecified atom stereocenters. The molecule has 15 heavy (non-hydrogen) atoms. The molecule has 1 aromatic carbocycles. The van der Waals surface area contributed by atoms with Crippen LogP contribution in [-0.4, -0.2) is 9.55 Å². The van der Waals surface area contributed by atoms with E-state index in [2.05, 4.69) is 20.9 Å². The van der Waals surface area contributed by atoms with Crippen LogP contribution in [0.3, 0.4) is 0 Å². The van der Waals surface area contributed by atoms with Crippen LogP contribution >= 0.6 is 15.9 Å². The van der Waals surface area contributed by atoms with Gasteiger partial charge in [0.1, 0.15) is 0 Å². The molecular weight excluding hydrogens is 256 g/mol. The van der Waals surface area contributed by atoms with E-state index in [4.69, 9.17) is 0 Å². The van der Waals surface area contributed by atoms with Crippen molar-refractivity contribution in [3.8, 4) is 0 Å². The number of para-hydroxylation sites is 1. The van der Waals surface area contributed by atoms with Crippen molar-refractivity contribution in [2.45, 2.75) is 26.3 Å². The minimum absolute atomic E-state index is 0.0654. The molecule has 2 aromatic rings. The molecule has 80 valence electrons. The lowest BCUT2D eigenvalue weighted by Crippen LogP contribution is -2.31. The van der Waals surface area contributed by atoms with Crippen molar-refractivity contribution in [3.05, 3.63) is 33.2 Å². The van der Waals surface area contributed by atoms with Gasteiger partial charge in [0.25, 0.3) is 0 Å². The molecule has 0 atom stereocenters. The van der Waals surface area contributed by atoms with Crippen molar-refractivity contribution in [1.82, 2.24) is 9.55 Å². The van der Waals surface area contributed by atoms with Gasteiger partial charge in [0.2, 0.25) is 0 Å². The molecule has 0 saturated heterocycles. The molecule has 0 aliphatic rings. The summed E-state index contributed by atoms with van der Waals surface area (Å²) in [5, 5.41) is 0. The number of H-pyrrole nitrogens is 1. The summed E-state index contributed by atoms with van der Waals surface area (Å²) in [6.07, 6.45) is 0. The first-order chi connectivity index (χ1) is 6.91. The van der Waals surface area contributed by atoms with Gasteiger partial charge in [0, 0.05) is 10.0 Å². The molecule has 0 amide bonds. The maximum Gasteiger partial charge on any atom is 0.326 e. The Morgan fingerprint density at radius 3 is 2.60 bits per heavy atom. The molecule has 4 heteroatoms. The van der Waals surface area contributed by atoms with Crippen LogP contribution in [0.1, 0.15) is 20.8 Å². The number of hydrogen-bond acceptors (Lipinski definition) is 1. The predicted molar refractivity (Wildman–Crippen MR) is 65.3 cm³/mol. The first-order valence-electron chi connectivity index (χ1n) is 4.81. The zero-order valence-electron chi connectivity index (χ0n) is 8.97. The van der Waals surface area contributed by atoms with E-state index in [1.807, 2.05) is 39.0 Å². The molecule has 1 aromatic heterocycles. The molecule has 0 radical (unpaired) electrons. The number of hydrogen-bond donors (Lipinski definition) is 1. The van der Waals surface area contributed by atoms with Crippen LogP contribution in [0.25, 0.3) is 11.0 Å². The Kier molecular flexibility index (Phi) is 2.26. The number of benzene rings is 1. The summed E-state index contributed by atoms with van der Waals surface area (Å²) in [4.78, 5) is 14.7. The van der Waals surface area contributed by atoms with Crippen LogP contribution in [0.15, 0.2) is 27.5 Å². The van der Waals surface area contributed by atoms with Crippen molar-refractivity contribution in [2.24, 2.45) is 0 Å². The number of fused-ring (bicyclic) bond motifs is 1. The standard InChI is InChI=1S/C11H13BrN2O/c1-11(2,3)14-9-7(12)5-4-6-8(9)13-10(14)15/h4-6H,1-3H3,(H,13,15). The minimum atomic E-state index is -0.223. The van der Waals surface area contributed by atoms with Gasteiger partial charge in [0.15, 0.2) is 0 Å². The zero-order chi connectivity index (χ0) is 11.2. The van der Waals surface area contributed by atoms with Crippen LogP contribution in [0.5, 0.6) is 0 Å². The number of aromatic nitrogens is 2. The van der Waals surface area contributed by atoms with Crippen molar-refractivity contribution in [2.75, 3.05) is 0 Å². The molecule has 0 aliphatic heterocycles. The summed E-state index contributed by atoms with van der Waals surface area (Å²) in [5.74, 6) is 0. The Morgan fingerprint density at radius 2 is 2.00 bits per heavy atom. The third-order valence-corrected chi connectivity index (χ3v) is 2.97. The fourth-order valence-electron chi connectivity index (χ4n) is 1.76. The average molecular weight is 269 g/mol. The summed E-state index contributed by atoms with van der Waals surface area (Å²) in [7, 11) is 0. The highest BCUT2D eigenvalue weighted by molar-refractivity contribution is 9.10. The SMILES string of the molecule is CC(C)(C)n1c(=O)[nH]c2cccc(Br)c21. The predicted octanol–water partition coefficient (Wildman–Crippen LogP) is 2.85. The molecule has 3 nitrogen and oxygen atoms in total. The van der Waals surface area contributed by atoms with Crippen LogP contribution in [0.2, 0.25) is 0 Å². The summed E-state index contributed by atoms with van der Waals surface area (Å²) in [6.45, 7) is 6.04. The lowest BCUT2D eigenvalue weighted by Gasteiger charge is -2.21. The van der Waals surface area contributed by atoms with Gasteiger partial charge in [-0.25, -0.2) is 4.79 Å². The molecular formula is C11H13BrN2O. The third-order valence-electron chi connectivity index (χ3n) is 2.33. The monoisotopic (exact) mass is 268 g/mol. The molecule has 0 saturated carbocycles. The number of aromatic amines is 1. The smallest absolute Gasteiger partial charge is 0.305 e. The number of imidazole rings is 1. The average Bonchev–Trinajstić information content (AvgIpc) is 2.41. The van der Waals surface area contributed by atoms with E-state index in [-0.39, 0.29) is 11.2 Å². The van der Waals surface area contributed by atoms with Crippen LogP contribution < -0.4 is 5.69 Å². The van der Waals surface area contributed by atoms with Gasteiger partial charge in [-0.15, -0.1) is 0 Å². The second kappa shape index (κ2) is 3.23. The van der Waals surface area contributed by atoms with Gasteiger partial charge in [-0.2, -0.15) is 0 Å². The normalized spacial score (nSPS) is 12.3. The van der Waals surface area contributed by atoms with Gasteiger partial charge < -0.3 is 4.98 Å². The van der Waals surface area contributed by atoms with Crippen molar-refractivity contribution in [1.29, 1.82) is 0 Å². The molecule has 1 N–H and O–H groups in total. The topological polar surface area (TPSA) is 37.8 Å². The van der Waals surface area contributed by atoms with E-state index in [1.54, 1.807) is 4.57 Å². The van der Waals surface area contributed by atoms with Gasteiger partial charge in [-0.3, -0.25) is 4.57 Å². The van der Waals surface area contributed by atoms with Gasteiger partial charge in [-0.1, -0.05) is 6.07 Å². The number of halogens is 1. The van der Waals surface area contributed by atoms with Crippen LogP contribution in [0, 0.1) is 0 Å². The van der Waals surface area contributed by atoms with Gasteiger partial charge in [0.05, 0.1) is 11.0 Å². The van der Waals surface area contributed by atoms with Crippen LogP contribution in [0.4, 0.5) is 0 Å². The quantitative estimate of drug-likeness (QED) is 0.784. The zero-order valence-corrected chi connectivity index (χ0v) is 10.6. The van der Waals surface area contributed by atoms with E-state index in [1.165, 1.54) is 0 Å². The van der Waals surface area contributed by atoms with E-state index in [9.17, 15) is 4.79 Å². The highest BCUT2D eigenvalue weighted by Gasteiger charge is 2.20. The lowest BCUT2D eigenvalue weighted by atomic mass is 10.1. The Balaban J connectivity index is 2.96. The second-order valence-corrected chi connectivity index (χ2v) is 5.43. The summed E-state index contributed by atoms with van der Waals surface area (Å²) < 4.78 is 2.71. The molecule has 2 rings (SSSR count). The molecule has 1 heterocycles. The van der Waals surface area contributed by atoms with Gasteiger partial charge >= 0.3 is 5.69 Å². The summed E-state index contributed by atoms with van der Waals surface area (Å²) in [5.41, 5.74) is 1.50. The maximum absolute atomic E-state index is 11.8. The van der Waals surface area contributed by atoms with E-state index in [0.717, 1.165) is 15.5 Å². The Bertz CT molecular complexity index is 560. The fourth-order valence-corrected chi connectivity index (χ4v) is 2.30. The fraction of sp³-hybridized carbons (Fsp3) is 0.364. The molecule has 0 spiro atoms. The van der Waals surface area contributed by atoms with Crippen molar-refractivity contribution < 1.29 is 0 Å². The van der Waals surface area contributed by atoms with E-state index in [0.29, 0.717) is 0 Å². The van der Waals surface area contributed by atoms with Gasteiger partial charge in [-0.05, 0) is 48.8 Å². The molecule has 0 fully saturated rings.